The van der Waals surface area contributed by atoms with Crippen LogP contribution in [0, 0.1) is 13.8 Å². The highest BCUT2D eigenvalue weighted by Crippen LogP contribution is 2.24. The summed E-state index contributed by atoms with van der Waals surface area (Å²) in [7, 11) is 0. The molecule has 0 bridgehead atoms. The van der Waals surface area contributed by atoms with Gasteiger partial charge in [-0.3, -0.25) is 14.5 Å². The molecule has 0 spiro atoms. The molecule has 0 unspecified atom stereocenters. The van der Waals surface area contributed by atoms with E-state index in [4.69, 9.17) is 4.42 Å². The van der Waals surface area contributed by atoms with Gasteiger partial charge < -0.3 is 9.73 Å². The molecule has 1 amide bonds. The Morgan fingerprint density at radius 1 is 1.07 bits per heavy atom. The van der Waals surface area contributed by atoms with Crippen LogP contribution in [0.5, 0.6) is 0 Å². The quantitative estimate of drug-likeness (QED) is 0.686. The largest absolute Gasteiger partial charge is 0.450 e. The lowest BCUT2D eigenvalue weighted by atomic mass is 10.0. The summed E-state index contributed by atoms with van der Waals surface area (Å²) in [6.45, 7) is 6.36. The van der Waals surface area contributed by atoms with Gasteiger partial charge in [-0.05, 0) is 62.5 Å². The third kappa shape index (κ3) is 4.31. The van der Waals surface area contributed by atoms with Crippen LogP contribution in [0.3, 0.4) is 0 Å². The van der Waals surface area contributed by atoms with Gasteiger partial charge >= 0.3 is 0 Å². The first kappa shape index (κ1) is 20.4. The van der Waals surface area contributed by atoms with E-state index < -0.39 is 0 Å². The van der Waals surface area contributed by atoms with Gasteiger partial charge in [-0.25, -0.2) is 0 Å². The number of hydrogen-bond donors (Lipinski definition) is 1. The molecule has 4 rings (SSSR count). The smallest absolute Gasteiger partial charge is 0.287 e. The van der Waals surface area contributed by atoms with Crippen molar-refractivity contribution in [1.29, 1.82) is 0 Å². The number of fused-ring (bicyclic) bond motifs is 1. The molecule has 1 aliphatic rings. The SMILES string of the molecule is Cc1cc(C)c2oc(C(=O)NC[C@H](c3ccccc3)N3CCCCC3)cc(=O)c2c1. The van der Waals surface area contributed by atoms with Crippen molar-refractivity contribution >= 4 is 16.9 Å². The lowest BCUT2D eigenvalue weighted by Crippen LogP contribution is -2.40. The molecule has 1 atom stereocenters. The maximum atomic E-state index is 12.9. The van der Waals surface area contributed by atoms with Crippen LogP contribution in [0.1, 0.15) is 52.5 Å². The zero-order valence-electron chi connectivity index (χ0n) is 17.6. The van der Waals surface area contributed by atoms with E-state index in [1.54, 1.807) is 6.07 Å². The number of carbonyl (C=O) groups excluding carboxylic acids is 1. The van der Waals surface area contributed by atoms with E-state index in [0.717, 1.165) is 24.2 Å². The second-order valence-corrected chi connectivity index (χ2v) is 8.17. The maximum Gasteiger partial charge on any atom is 0.287 e. The van der Waals surface area contributed by atoms with Crippen LogP contribution in [0.25, 0.3) is 11.0 Å². The van der Waals surface area contributed by atoms with E-state index in [9.17, 15) is 9.59 Å². The first-order valence-electron chi connectivity index (χ1n) is 10.7. The number of benzene rings is 2. The van der Waals surface area contributed by atoms with Gasteiger partial charge in [0, 0.05) is 12.6 Å². The zero-order chi connectivity index (χ0) is 21.1. The van der Waals surface area contributed by atoms with E-state index in [2.05, 4.69) is 22.3 Å². The first-order chi connectivity index (χ1) is 14.5. The van der Waals surface area contributed by atoms with Crippen molar-refractivity contribution in [2.24, 2.45) is 0 Å². The second-order valence-electron chi connectivity index (χ2n) is 8.17. The molecule has 1 N–H and O–H groups in total. The van der Waals surface area contributed by atoms with Gasteiger partial charge in [0.25, 0.3) is 5.91 Å². The number of likely N-dealkylation sites (tertiary alicyclic amines) is 1. The molecule has 2 heterocycles. The zero-order valence-corrected chi connectivity index (χ0v) is 17.6. The Labute approximate surface area is 176 Å². The maximum absolute atomic E-state index is 12.9. The van der Waals surface area contributed by atoms with E-state index >= 15 is 0 Å². The number of amides is 1. The average Bonchev–Trinajstić information content (AvgIpc) is 2.76. The van der Waals surface area contributed by atoms with E-state index in [1.165, 1.54) is 30.9 Å². The van der Waals surface area contributed by atoms with Crippen molar-refractivity contribution in [3.8, 4) is 0 Å². The van der Waals surface area contributed by atoms with Gasteiger partial charge in [0.1, 0.15) is 5.58 Å². The Kier molecular flexibility index (Phi) is 6.00. The molecule has 1 saturated heterocycles. The molecule has 1 aromatic heterocycles. The van der Waals surface area contributed by atoms with Gasteiger partial charge in [0.05, 0.1) is 11.4 Å². The van der Waals surface area contributed by atoms with Crippen LogP contribution < -0.4 is 10.7 Å². The lowest BCUT2D eigenvalue weighted by molar-refractivity contribution is 0.0897. The van der Waals surface area contributed by atoms with Crippen LogP contribution >= 0.6 is 0 Å². The van der Waals surface area contributed by atoms with Crippen molar-refractivity contribution in [3.63, 3.8) is 0 Å². The molecular weight excluding hydrogens is 376 g/mol. The van der Waals surface area contributed by atoms with Crippen molar-refractivity contribution in [3.05, 3.63) is 81.2 Å². The second kappa shape index (κ2) is 8.84. The summed E-state index contributed by atoms with van der Waals surface area (Å²) in [4.78, 5) is 27.9. The molecular formula is C25H28N2O3. The fraction of sp³-hybridized carbons (Fsp3) is 0.360. The van der Waals surface area contributed by atoms with Crippen LogP contribution in [0.2, 0.25) is 0 Å². The summed E-state index contributed by atoms with van der Waals surface area (Å²) in [5, 5.41) is 3.52. The Morgan fingerprint density at radius 3 is 2.53 bits per heavy atom. The summed E-state index contributed by atoms with van der Waals surface area (Å²) in [6, 6.07) is 15.4. The Balaban J connectivity index is 1.57. The number of nitrogens with one attached hydrogen (secondary N) is 1. The normalized spacial score (nSPS) is 15.8. The molecule has 3 aromatic rings. The number of nitrogens with zero attached hydrogens (tertiary/aromatic N) is 1. The third-order valence-corrected chi connectivity index (χ3v) is 5.85. The van der Waals surface area contributed by atoms with Crippen LogP contribution in [0.15, 0.2) is 57.7 Å². The third-order valence-electron chi connectivity index (χ3n) is 5.85. The Bertz CT molecular complexity index is 1100. The van der Waals surface area contributed by atoms with Crippen molar-refractivity contribution in [1.82, 2.24) is 10.2 Å². The van der Waals surface area contributed by atoms with Gasteiger partial charge in [0.2, 0.25) is 0 Å². The van der Waals surface area contributed by atoms with Gasteiger partial charge in [-0.15, -0.1) is 0 Å². The van der Waals surface area contributed by atoms with Gasteiger partial charge in [-0.1, -0.05) is 42.8 Å². The van der Waals surface area contributed by atoms with Crippen LogP contribution in [-0.2, 0) is 0 Å². The van der Waals surface area contributed by atoms with E-state index in [0.29, 0.717) is 17.5 Å². The molecule has 5 nitrogen and oxygen atoms in total. The summed E-state index contributed by atoms with van der Waals surface area (Å²) >= 11 is 0. The van der Waals surface area contributed by atoms with Gasteiger partial charge in [0.15, 0.2) is 11.2 Å². The Morgan fingerprint density at radius 2 is 1.80 bits per heavy atom. The molecule has 0 aliphatic carbocycles. The molecule has 0 saturated carbocycles. The van der Waals surface area contributed by atoms with E-state index in [-0.39, 0.29) is 23.1 Å². The van der Waals surface area contributed by atoms with Crippen LogP contribution in [0.4, 0.5) is 0 Å². The summed E-state index contributed by atoms with van der Waals surface area (Å²) < 4.78 is 5.85. The molecule has 0 radical (unpaired) electrons. The minimum absolute atomic E-state index is 0.0601. The molecule has 2 aromatic carbocycles. The average molecular weight is 405 g/mol. The fourth-order valence-electron chi connectivity index (χ4n) is 4.36. The number of carbonyl (C=O) groups is 1. The molecule has 1 aliphatic heterocycles. The summed E-state index contributed by atoms with van der Waals surface area (Å²) in [6.07, 6.45) is 3.61. The summed E-state index contributed by atoms with van der Waals surface area (Å²) in [5.41, 5.74) is 3.33. The predicted molar refractivity (Wildman–Crippen MR) is 119 cm³/mol. The fourth-order valence-corrected chi connectivity index (χ4v) is 4.36. The van der Waals surface area contributed by atoms with Crippen molar-refractivity contribution in [2.75, 3.05) is 19.6 Å². The molecule has 30 heavy (non-hydrogen) atoms. The van der Waals surface area contributed by atoms with E-state index in [1.807, 2.05) is 38.1 Å². The van der Waals surface area contributed by atoms with Crippen LogP contribution in [-0.4, -0.2) is 30.4 Å². The highest BCUT2D eigenvalue weighted by atomic mass is 16.3. The minimum atomic E-state index is -0.355. The molecule has 156 valence electrons. The van der Waals surface area contributed by atoms with Gasteiger partial charge in [-0.2, -0.15) is 0 Å². The standard InChI is InChI=1S/C25H28N2O3/c1-17-13-18(2)24-20(14-17)22(28)15-23(30-24)25(29)26-16-21(19-9-5-3-6-10-19)27-11-7-4-8-12-27/h3,5-6,9-10,13-15,21H,4,7-8,11-12,16H2,1-2H3,(H,26,29)/t21-/m1/s1. The molecule has 5 heteroatoms. The first-order valence-corrected chi connectivity index (χ1v) is 10.7. The lowest BCUT2D eigenvalue weighted by Gasteiger charge is -2.35. The number of hydrogen-bond acceptors (Lipinski definition) is 4. The topological polar surface area (TPSA) is 62.6 Å². The highest BCUT2D eigenvalue weighted by molar-refractivity contribution is 5.93. The number of aryl methyl sites for hydroxylation is 2. The predicted octanol–water partition coefficient (Wildman–Crippen LogP) is 4.37. The number of piperidine rings is 1. The van der Waals surface area contributed by atoms with Crippen molar-refractivity contribution < 1.29 is 9.21 Å². The van der Waals surface area contributed by atoms with Crippen molar-refractivity contribution in [2.45, 2.75) is 39.2 Å². The summed E-state index contributed by atoms with van der Waals surface area (Å²) in [5.74, 6) is -0.295. The highest BCUT2D eigenvalue weighted by Gasteiger charge is 2.23. The monoisotopic (exact) mass is 404 g/mol. The minimum Gasteiger partial charge on any atom is -0.450 e. The number of rotatable bonds is 5. The Hall–Kier alpha value is -2.92. The molecule has 1 fully saturated rings.